The molecule has 0 bridgehead atoms. The van der Waals surface area contributed by atoms with Gasteiger partial charge < -0.3 is 14.6 Å². The molecule has 7 nitrogen and oxygen atoms in total. The third-order valence-electron chi connectivity index (χ3n) is 5.12. The van der Waals surface area contributed by atoms with E-state index in [9.17, 15) is 18.3 Å². The van der Waals surface area contributed by atoms with Gasteiger partial charge in [-0.15, -0.1) is 0 Å². The van der Waals surface area contributed by atoms with E-state index in [1.807, 2.05) is 24.3 Å². The first kappa shape index (κ1) is 28.0. The monoisotopic (exact) mass is 490 g/mol. The predicted molar refractivity (Wildman–Crippen MR) is 123 cm³/mol. The fourth-order valence-electron chi connectivity index (χ4n) is 3.33. The number of nitrogens with one attached hydrogen (secondary N) is 1. The molecule has 1 heterocycles. The van der Waals surface area contributed by atoms with Crippen LogP contribution in [0.15, 0.2) is 78.0 Å². The van der Waals surface area contributed by atoms with Gasteiger partial charge in [-0.25, -0.2) is 13.1 Å². The van der Waals surface area contributed by atoms with E-state index in [1.54, 1.807) is 30.3 Å². The predicted octanol–water partition coefficient (Wildman–Crippen LogP) is -0.226. The number of carboxylic acids is 1. The van der Waals surface area contributed by atoms with Crippen LogP contribution in [0, 0.1) is 0 Å². The van der Waals surface area contributed by atoms with Crippen molar-refractivity contribution in [1.29, 1.82) is 0 Å². The Morgan fingerprint density at radius 1 is 1.09 bits per heavy atom. The zero-order valence-electron chi connectivity index (χ0n) is 19.8. The van der Waals surface area contributed by atoms with Crippen molar-refractivity contribution in [2.75, 3.05) is 6.61 Å². The summed E-state index contributed by atoms with van der Waals surface area (Å²) >= 11 is 0. The first-order chi connectivity index (χ1) is 15.5. The minimum absolute atomic E-state index is 0. The Hall–Kier alpha value is -2.23. The number of benzene rings is 2. The van der Waals surface area contributed by atoms with Crippen LogP contribution in [-0.4, -0.2) is 26.0 Å². The normalized spacial score (nSPS) is 12.4. The molecule has 0 saturated heterocycles. The second-order valence-electron chi connectivity index (χ2n) is 8.75. The van der Waals surface area contributed by atoms with Crippen molar-refractivity contribution in [3.8, 4) is 5.75 Å². The quantitative estimate of drug-likeness (QED) is 0.416. The molecule has 0 aliphatic rings. The van der Waals surface area contributed by atoms with Crippen molar-refractivity contribution >= 4 is 16.0 Å². The summed E-state index contributed by atoms with van der Waals surface area (Å²) in [5, 5.41) is 10.7. The molecule has 174 valence electrons. The van der Waals surface area contributed by atoms with Crippen molar-refractivity contribution in [2.24, 2.45) is 0 Å². The van der Waals surface area contributed by atoms with Crippen molar-refractivity contribution < 1.29 is 52.6 Å². The van der Waals surface area contributed by atoms with E-state index in [2.05, 4.69) is 30.5 Å². The zero-order chi connectivity index (χ0) is 24.1. The molecule has 0 saturated carbocycles. The minimum Gasteiger partial charge on any atom is -0.546 e. The van der Waals surface area contributed by atoms with Gasteiger partial charge in [0, 0.05) is 12.4 Å². The van der Waals surface area contributed by atoms with Crippen molar-refractivity contribution in [3.63, 3.8) is 0 Å². The maximum Gasteiger partial charge on any atom is 1.00 e. The maximum absolute atomic E-state index is 13.0. The van der Waals surface area contributed by atoms with Gasteiger partial charge in [0.05, 0.1) is 12.0 Å². The Labute approximate surface area is 222 Å². The number of carboxylic acid groups (broad SMARTS) is 1. The van der Waals surface area contributed by atoms with Crippen LogP contribution in [0.25, 0.3) is 0 Å². The number of aromatic nitrogens is 1. The van der Waals surface area contributed by atoms with E-state index in [-0.39, 0.29) is 39.9 Å². The summed E-state index contributed by atoms with van der Waals surface area (Å²) in [6, 6.07) is 17.2. The number of aliphatic carboxylic acids is 1. The average molecular weight is 491 g/mol. The summed E-state index contributed by atoms with van der Waals surface area (Å²) in [5.41, 5.74) is 2.77. The average Bonchev–Trinajstić information content (AvgIpc) is 2.78. The van der Waals surface area contributed by atoms with Crippen LogP contribution < -0.4 is 44.1 Å². The molecule has 0 radical (unpaired) electrons. The number of hydrogen-bond donors (Lipinski definition) is 1. The largest absolute Gasteiger partial charge is 1.00 e. The van der Waals surface area contributed by atoms with E-state index >= 15 is 0 Å². The summed E-state index contributed by atoms with van der Waals surface area (Å²) in [7, 11) is -3.86. The Bertz CT molecular complexity index is 1190. The van der Waals surface area contributed by atoms with Crippen LogP contribution in [0.3, 0.4) is 0 Å². The first-order valence-electron chi connectivity index (χ1n) is 10.5. The van der Waals surface area contributed by atoms with Gasteiger partial charge >= 0.3 is 29.6 Å². The molecule has 0 aliphatic heterocycles. The molecule has 3 rings (SSSR count). The summed E-state index contributed by atoms with van der Waals surface area (Å²) in [5.74, 6) is -1.03. The van der Waals surface area contributed by atoms with E-state index in [1.165, 1.54) is 24.0 Å². The summed E-state index contributed by atoms with van der Waals surface area (Å²) in [4.78, 5) is 14.7. The standard InChI is InChI=1S/C25H28N2O5S.Na/c1-25(2,3)20-11-9-18(10-12-20)14-23(27-33(30,31)22-8-5-13-26-16-22)19-6-4-7-21(15-19)32-17-24(28)29;/h4-13,15-16,23,27H,14,17H2,1-3H3,(H,28,29);/q;+1/p-1. The maximum atomic E-state index is 13.0. The summed E-state index contributed by atoms with van der Waals surface area (Å²) < 4.78 is 34.0. The van der Waals surface area contributed by atoms with E-state index in [0.717, 1.165) is 5.56 Å². The van der Waals surface area contributed by atoms with E-state index < -0.39 is 28.6 Å². The molecule has 0 amide bonds. The summed E-state index contributed by atoms with van der Waals surface area (Å²) in [6.45, 7) is 5.80. The molecule has 2 aromatic carbocycles. The fraction of sp³-hybridized carbons (Fsp3) is 0.280. The van der Waals surface area contributed by atoms with Gasteiger partial charge in [0.25, 0.3) is 0 Å². The molecule has 1 aromatic heterocycles. The number of sulfonamides is 1. The molecule has 0 spiro atoms. The molecule has 0 fully saturated rings. The van der Waals surface area contributed by atoms with Gasteiger partial charge in [0.15, 0.2) is 0 Å². The Morgan fingerprint density at radius 2 is 1.79 bits per heavy atom. The Morgan fingerprint density at radius 3 is 2.38 bits per heavy atom. The number of nitrogens with zero attached hydrogens (tertiary/aromatic N) is 1. The molecular weight excluding hydrogens is 463 g/mol. The number of rotatable bonds is 9. The molecule has 1 atom stereocenters. The molecule has 1 unspecified atom stereocenters. The second kappa shape index (κ2) is 12.0. The van der Waals surface area contributed by atoms with Crippen LogP contribution >= 0.6 is 0 Å². The van der Waals surface area contributed by atoms with Gasteiger partial charge in [0.1, 0.15) is 17.3 Å². The van der Waals surface area contributed by atoms with Gasteiger partial charge in [-0.05, 0) is 52.8 Å². The molecule has 34 heavy (non-hydrogen) atoms. The van der Waals surface area contributed by atoms with Crippen LogP contribution in [0.5, 0.6) is 5.75 Å². The van der Waals surface area contributed by atoms with Gasteiger partial charge in [-0.1, -0.05) is 57.2 Å². The van der Waals surface area contributed by atoms with E-state index in [4.69, 9.17) is 4.74 Å². The fourth-order valence-corrected chi connectivity index (χ4v) is 4.52. The van der Waals surface area contributed by atoms with Crippen LogP contribution in [0.4, 0.5) is 0 Å². The molecule has 0 aliphatic carbocycles. The van der Waals surface area contributed by atoms with Crippen LogP contribution in [0.2, 0.25) is 0 Å². The molecule has 1 N–H and O–H groups in total. The second-order valence-corrected chi connectivity index (χ2v) is 10.5. The topological polar surface area (TPSA) is 108 Å². The Kier molecular flexibility index (Phi) is 9.84. The first-order valence-corrected chi connectivity index (χ1v) is 12.0. The number of hydrogen-bond acceptors (Lipinski definition) is 6. The minimum atomic E-state index is -3.86. The molecule has 3 aromatic rings. The van der Waals surface area contributed by atoms with Gasteiger partial charge in [-0.3, -0.25) is 4.98 Å². The van der Waals surface area contributed by atoms with Crippen LogP contribution in [-0.2, 0) is 26.7 Å². The van der Waals surface area contributed by atoms with Crippen molar-refractivity contribution in [3.05, 3.63) is 89.7 Å². The van der Waals surface area contributed by atoms with Gasteiger partial charge in [0.2, 0.25) is 10.0 Å². The zero-order valence-corrected chi connectivity index (χ0v) is 22.6. The summed E-state index contributed by atoms with van der Waals surface area (Å²) in [6.07, 6.45) is 3.18. The Balaban J connectivity index is 0.00000408. The number of carbonyl (C=O) groups is 1. The van der Waals surface area contributed by atoms with Crippen LogP contribution in [0.1, 0.15) is 43.5 Å². The molecule has 9 heteroatoms. The number of ether oxygens (including phenoxy) is 1. The third kappa shape index (κ3) is 7.92. The molecular formula is C25H27N2NaO5S. The number of pyridine rings is 1. The van der Waals surface area contributed by atoms with E-state index in [0.29, 0.717) is 17.7 Å². The SMILES string of the molecule is CC(C)(C)c1ccc(CC(NS(=O)(=O)c2cccnc2)c2cccc(OCC(=O)[O-])c2)cc1.[Na+]. The third-order valence-corrected chi connectivity index (χ3v) is 6.58. The van der Waals surface area contributed by atoms with Crippen molar-refractivity contribution in [2.45, 2.75) is 43.5 Å². The smallest absolute Gasteiger partial charge is 0.546 e. The van der Waals surface area contributed by atoms with Gasteiger partial charge in [-0.2, -0.15) is 0 Å². The van der Waals surface area contributed by atoms with Crippen molar-refractivity contribution in [1.82, 2.24) is 9.71 Å². The number of carbonyl (C=O) groups excluding carboxylic acids is 1.